The van der Waals surface area contributed by atoms with E-state index in [2.05, 4.69) is 10.6 Å². The highest BCUT2D eigenvalue weighted by Crippen LogP contribution is 2.09. The fourth-order valence-corrected chi connectivity index (χ4v) is 2.28. The largest absolute Gasteiger partial charge is 0.351 e. The number of hydrogen-bond acceptors (Lipinski definition) is 3. The summed E-state index contributed by atoms with van der Waals surface area (Å²) in [6, 6.07) is 11.2. The van der Waals surface area contributed by atoms with Gasteiger partial charge in [-0.15, -0.1) is 11.3 Å². The molecule has 0 saturated heterocycles. The van der Waals surface area contributed by atoms with Gasteiger partial charge in [0.25, 0.3) is 5.91 Å². The van der Waals surface area contributed by atoms with Crippen LogP contribution in [0.4, 0.5) is 5.69 Å². The summed E-state index contributed by atoms with van der Waals surface area (Å²) in [6.07, 6.45) is 0.255. The second-order valence-electron chi connectivity index (χ2n) is 4.40. The maximum absolute atomic E-state index is 11.7. The van der Waals surface area contributed by atoms with Crippen LogP contribution in [-0.4, -0.2) is 18.4 Å². The topological polar surface area (TPSA) is 58.2 Å². The molecule has 2 N–H and O–H groups in total. The zero-order valence-corrected chi connectivity index (χ0v) is 12.0. The van der Waals surface area contributed by atoms with Crippen LogP contribution in [0.1, 0.15) is 21.7 Å². The van der Waals surface area contributed by atoms with Gasteiger partial charge in [-0.05, 0) is 30.5 Å². The predicted molar refractivity (Wildman–Crippen MR) is 81.1 cm³/mol. The fraction of sp³-hybridized carbons (Fsp3) is 0.200. The Morgan fingerprint density at radius 3 is 2.55 bits per heavy atom. The minimum Gasteiger partial charge on any atom is -0.351 e. The van der Waals surface area contributed by atoms with Crippen molar-refractivity contribution in [2.45, 2.75) is 13.3 Å². The summed E-state index contributed by atoms with van der Waals surface area (Å²) in [5, 5.41) is 7.36. The minimum absolute atomic E-state index is 0.111. The molecule has 2 amide bonds. The maximum atomic E-state index is 11.7. The summed E-state index contributed by atoms with van der Waals surface area (Å²) >= 11 is 1.38. The number of carbonyl (C=O) groups excluding carboxylic acids is 2. The van der Waals surface area contributed by atoms with E-state index in [-0.39, 0.29) is 18.2 Å². The standard InChI is InChI=1S/C15H16N2O2S/c1-11-4-6-12(7-5-11)17-14(18)8-9-16-15(19)13-3-2-10-20-13/h2-7,10H,8-9H2,1H3,(H,16,19)(H,17,18). The second-order valence-corrected chi connectivity index (χ2v) is 5.35. The van der Waals surface area contributed by atoms with E-state index in [1.54, 1.807) is 6.07 Å². The van der Waals surface area contributed by atoms with Crippen LogP contribution in [0.3, 0.4) is 0 Å². The van der Waals surface area contributed by atoms with Crippen molar-refractivity contribution in [3.05, 3.63) is 52.2 Å². The fourth-order valence-electron chi connectivity index (χ4n) is 1.64. The molecule has 1 heterocycles. The lowest BCUT2D eigenvalue weighted by molar-refractivity contribution is -0.116. The lowest BCUT2D eigenvalue weighted by Crippen LogP contribution is -2.27. The summed E-state index contributed by atoms with van der Waals surface area (Å²) < 4.78 is 0. The Balaban J connectivity index is 1.73. The highest BCUT2D eigenvalue weighted by Gasteiger charge is 2.07. The lowest BCUT2D eigenvalue weighted by atomic mass is 10.2. The number of carbonyl (C=O) groups is 2. The Labute approximate surface area is 121 Å². The van der Waals surface area contributed by atoms with E-state index in [1.807, 2.05) is 42.6 Å². The molecule has 0 atom stereocenters. The molecule has 0 fully saturated rings. The zero-order chi connectivity index (χ0) is 14.4. The van der Waals surface area contributed by atoms with Gasteiger partial charge in [0, 0.05) is 18.7 Å². The highest BCUT2D eigenvalue weighted by atomic mass is 32.1. The van der Waals surface area contributed by atoms with Crippen molar-refractivity contribution in [3.63, 3.8) is 0 Å². The van der Waals surface area contributed by atoms with Crippen molar-refractivity contribution in [1.29, 1.82) is 0 Å². The molecule has 0 aliphatic heterocycles. The first-order chi connectivity index (χ1) is 9.65. The summed E-state index contributed by atoms with van der Waals surface area (Å²) in [4.78, 5) is 24.0. The minimum atomic E-state index is -0.136. The predicted octanol–water partition coefficient (Wildman–Crippen LogP) is 2.82. The van der Waals surface area contributed by atoms with E-state index >= 15 is 0 Å². The molecular weight excluding hydrogens is 272 g/mol. The zero-order valence-electron chi connectivity index (χ0n) is 11.2. The number of rotatable bonds is 5. The quantitative estimate of drug-likeness (QED) is 0.889. The Hall–Kier alpha value is -2.14. The number of nitrogens with one attached hydrogen (secondary N) is 2. The van der Waals surface area contributed by atoms with Gasteiger partial charge in [-0.25, -0.2) is 0 Å². The normalized spacial score (nSPS) is 10.1. The van der Waals surface area contributed by atoms with E-state index in [1.165, 1.54) is 11.3 Å². The van der Waals surface area contributed by atoms with Crippen LogP contribution in [0, 0.1) is 6.92 Å². The van der Waals surface area contributed by atoms with Crippen molar-refractivity contribution in [2.24, 2.45) is 0 Å². The molecule has 5 heteroatoms. The molecule has 0 radical (unpaired) electrons. The maximum Gasteiger partial charge on any atom is 0.261 e. The number of hydrogen-bond donors (Lipinski definition) is 2. The average molecular weight is 288 g/mol. The molecule has 1 aromatic carbocycles. The van der Waals surface area contributed by atoms with E-state index in [0.717, 1.165) is 11.3 Å². The molecule has 4 nitrogen and oxygen atoms in total. The average Bonchev–Trinajstić information content (AvgIpc) is 2.95. The van der Waals surface area contributed by atoms with Crippen LogP contribution < -0.4 is 10.6 Å². The molecule has 2 rings (SSSR count). The summed E-state index contributed by atoms with van der Waals surface area (Å²) in [7, 11) is 0. The van der Waals surface area contributed by atoms with Crippen molar-refractivity contribution in [1.82, 2.24) is 5.32 Å². The molecule has 0 spiro atoms. The molecule has 0 saturated carbocycles. The van der Waals surface area contributed by atoms with E-state index in [0.29, 0.717) is 11.4 Å². The first-order valence-corrected chi connectivity index (χ1v) is 7.21. The first kappa shape index (κ1) is 14.3. The van der Waals surface area contributed by atoms with Gasteiger partial charge >= 0.3 is 0 Å². The van der Waals surface area contributed by atoms with Gasteiger partial charge < -0.3 is 10.6 Å². The van der Waals surface area contributed by atoms with Crippen LogP contribution in [-0.2, 0) is 4.79 Å². The number of benzene rings is 1. The van der Waals surface area contributed by atoms with E-state index in [4.69, 9.17) is 0 Å². The molecule has 20 heavy (non-hydrogen) atoms. The molecule has 104 valence electrons. The van der Waals surface area contributed by atoms with Gasteiger partial charge in [-0.1, -0.05) is 23.8 Å². The Morgan fingerprint density at radius 2 is 1.90 bits per heavy atom. The Morgan fingerprint density at radius 1 is 1.15 bits per heavy atom. The molecular formula is C15H16N2O2S. The molecule has 0 unspecified atom stereocenters. The third-order valence-corrected chi connectivity index (χ3v) is 3.59. The highest BCUT2D eigenvalue weighted by molar-refractivity contribution is 7.12. The third kappa shape index (κ3) is 4.20. The molecule has 0 bridgehead atoms. The summed E-state index contributed by atoms with van der Waals surface area (Å²) in [6.45, 7) is 2.32. The summed E-state index contributed by atoms with van der Waals surface area (Å²) in [5.74, 6) is -0.247. The number of aryl methyl sites for hydroxylation is 1. The van der Waals surface area contributed by atoms with Gasteiger partial charge in [0.15, 0.2) is 0 Å². The van der Waals surface area contributed by atoms with Gasteiger partial charge in [0.1, 0.15) is 0 Å². The van der Waals surface area contributed by atoms with Crippen LogP contribution in [0.2, 0.25) is 0 Å². The number of anilines is 1. The van der Waals surface area contributed by atoms with Crippen molar-refractivity contribution in [2.75, 3.05) is 11.9 Å². The summed E-state index contributed by atoms with van der Waals surface area (Å²) in [5.41, 5.74) is 1.91. The van der Waals surface area contributed by atoms with Crippen LogP contribution in [0.15, 0.2) is 41.8 Å². The van der Waals surface area contributed by atoms with Gasteiger partial charge in [0.2, 0.25) is 5.91 Å². The van der Waals surface area contributed by atoms with Crippen LogP contribution in [0.5, 0.6) is 0 Å². The van der Waals surface area contributed by atoms with Crippen LogP contribution in [0.25, 0.3) is 0 Å². The monoisotopic (exact) mass is 288 g/mol. The van der Waals surface area contributed by atoms with E-state index in [9.17, 15) is 9.59 Å². The molecule has 0 aliphatic rings. The number of amides is 2. The molecule has 0 aliphatic carbocycles. The smallest absolute Gasteiger partial charge is 0.261 e. The Kier molecular flexibility index (Phi) is 4.90. The van der Waals surface area contributed by atoms with Gasteiger partial charge in [0.05, 0.1) is 4.88 Å². The van der Waals surface area contributed by atoms with Crippen molar-refractivity contribution < 1.29 is 9.59 Å². The Bertz CT molecular complexity index is 576. The van der Waals surface area contributed by atoms with Crippen LogP contribution >= 0.6 is 11.3 Å². The SMILES string of the molecule is Cc1ccc(NC(=O)CCNC(=O)c2cccs2)cc1. The first-order valence-electron chi connectivity index (χ1n) is 6.33. The molecule has 2 aromatic rings. The van der Waals surface area contributed by atoms with Crippen molar-refractivity contribution in [3.8, 4) is 0 Å². The van der Waals surface area contributed by atoms with Gasteiger partial charge in [-0.2, -0.15) is 0 Å². The third-order valence-electron chi connectivity index (χ3n) is 2.72. The number of thiophene rings is 1. The van der Waals surface area contributed by atoms with Crippen molar-refractivity contribution >= 4 is 28.8 Å². The lowest BCUT2D eigenvalue weighted by Gasteiger charge is -2.06. The second kappa shape index (κ2) is 6.86. The van der Waals surface area contributed by atoms with Gasteiger partial charge in [-0.3, -0.25) is 9.59 Å². The van der Waals surface area contributed by atoms with E-state index < -0.39 is 0 Å². The molecule has 1 aromatic heterocycles.